The van der Waals surface area contributed by atoms with Gasteiger partial charge in [-0.25, -0.2) is 9.67 Å². The number of benzene rings is 1. The predicted molar refractivity (Wildman–Crippen MR) is 95.0 cm³/mol. The number of hydrogen-bond acceptors (Lipinski definition) is 4. The lowest BCUT2D eigenvalue weighted by Gasteiger charge is -2.05. The van der Waals surface area contributed by atoms with E-state index in [0.717, 1.165) is 12.8 Å². The van der Waals surface area contributed by atoms with E-state index in [1.807, 2.05) is 0 Å². The topological polar surface area (TPSA) is 83.6 Å². The van der Waals surface area contributed by atoms with Crippen LogP contribution in [-0.4, -0.2) is 20.7 Å². The molecule has 1 N–H and O–H groups in total. The van der Waals surface area contributed by atoms with Crippen LogP contribution in [0.25, 0.3) is 16.6 Å². The molecule has 1 fully saturated rings. The highest BCUT2D eigenvalue weighted by Gasteiger charge is 2.30. The number of para-hydroxylation sites is 1. The zero-order valence-corrected chi connectivity index (χ0v) is 14.3. The fraction of sp³-hybridized carbons (Fsp3) is 0.176. The molecule has 1 saturated carbocycles. The van der Waals surface area contributed by atoms with Gasteiger partial charge in [0.2, 0.25) is 5.91 Å². The van der Waals surface area contributed by atoms with Crippen LogP contribution in [0.2, 0.25) is 10.0 Å². The number of aromatic nitrogens is 3. The zero-order valence-electron chi connectivity index (χ0n) is 12.8. The summed E-state index contributed by atoms with van der Waals surface area (Å²) in [4.78, 5) is 16.3. The first-order valence-electron chi connectivity index (χ1n) is 7.62. The Morgan fingerprint density at radius 2 is 2.12 bits per heavy atom. The fourth-order valence-corrected chi connectivity index (χ4v) is 3.04. The van der Waals surface area contributed by atoms with Crippen molar-refractivity contribution in [2.45, 2.75) is 12.8 Å². The summed E-state index contributed by atoms with van der Waals surface area (Å²) in [5, 5.41) is 17.9. The highest BCUT2D eigenvalue weighted by atomic mass is 35.5. The third kappa shape index (κ3) is 2.82. The molecule has 0 saturated heterocycles. The Bertz CT molecular complexity index is 1050. The monoisotopic (exact) mass is 371 g/mol. The molecule has 2 heterocycles. The summed E-state index contributed by atoms with van der Waals surface area (Å²) in [6.45, 7) is 0. The molecule has 0 bridgehead atoms. The molecule has 1 aromatic carbocycles. The third-order valence-electron chi connectivity index (χ3n) is 4.03. The van der Waals surface area contributed by atoms with Crippen molar-refractivity contribution in [1.29, 1.82) is 5.26 Å². The standard InChI is InChI=1S/C17H11Cl2N5O/c18-12-3-1-2-10(6-20)15(12)24-8-11-14(23-24)13(19)7-21-16(11)22-17(25)9-4-5-9/h1-3,7-9H,4-5H2,(H,21,22,25). The van der Waals surface area contributed by atoms with Gasteiger partial charge in [-0.2, -0.15) is 10.4 Å². The maximum absolute atomic E-state index is 12.1. The molecule has 3 aromatic rings. The molecular formula is C17H11Cl2N5O. The molecule has 1 aliphatic rings. The van der Waals surface area contributed by atoms with Crippen LogP contribution in [0, 0.1) is 17.2 Å². The summed E-state index contributed by atoms with van der Waals surface area (Å²) in [6, 6.07) is 7.13. The molecule has 6 nitrogen and oxygen atoms in total. The van der Waals surface area contributed by atoms with E-state index in [2.05, 4.69) is 21.5 Å². The number of rotatable bonds is 3. The van der Waals surface area contributed by atoms with Gasteiger partial charge in [-0.3, -0.25) is 4.79 Å². The van der Waals surface area contributed by atoms with Gasteiger partial charge in [-0.1, -0.05) is 29.3 Å². The summed E-state index contributed by atoms with van der Waals surface area (Å²) in [5.41, 5.74) is 1.32. The number of fused-ring (bicyclic) bond motifs is 1. The Balaban J connectivity index is 1.87. The van der Waals surface area contributed by atoms with Crippen LogP contribution < -0.4 is 5.32 Å². The summed E-state index contributed by atoms with van der Waals surface area (Å²) in [6.07, 6.45) is 4.90. The predicted octanol–water partition coefficient (Wildman–Crippen LogP) is 3.95. The maximum Gasteiger partial charge on any atom is 0.228 e. The van der Waals surface area contributed by atoms with Crippen molar-refractivity contribution in [2.75, 3.05) is 5.32 Å². The van der Waals surface area contributed by atoms with E-state index in [-0.39, 0.29) is 11.8 Å². The van der Waals surface area contributed by atoms with Crippen molar-refractivity contribution in [1.82, 2.24) is 14.8 Å². The minimum atomic E-state index is -0.0562. The average Bonchev–Trinajstić information content (AvgIpc) is 3.36. The SMILES string of the molecule is N#Cc1cccc(Cl)c1-n1cc2c(NC(=O)C3CC3)ncc(Cl)c2n1. The van der Waals surface area contributed by atoms with E-state index in [1.54, 1.807) is 24.4 Å². The number of nitrogens with one attached hydrogen (secondary N) is 1. The Labute approximate surface area is 153 Å². The first-order valence-corrected chi connectivity index (χ1v) is 8.38. The van der Waals surface area contributed by atoms with Gasteiger partial charge in [0.15, 0.2) is 0 Å². The summed E-state index contributed by atoms with van der Waals surface area (Å²) < 4.78 is 1.49. The van der Waals surface area contributed by atoms with E-state index in [0.29, 0.717) is 38.0 Å². The van der Waals surface area contributed by atoms with Crippen LogP contribution in [0.5, 0.6) is 0 Å². The lowest BCUT2D eigenvalue weighted by atomic mass is 10.2. The first-order chi connectivity index (χ1) is 12.1. The number of amides is 1. The van der Waals surface area contributed by atoms with Gasteiger partial charge in [0.05, 0.1) is 27.2 Å². The summed E-state index contributed by atoms with van der Waals surface area (Å²) in [7, 11) is 0. The van der Waals surface area contributed by atoms with Crippen molar-refractivity contribution in [3.63, 3.8) is 0 Å². The number of hydrogen-bond donors (Lipinski definition) is 1. The highest BCUT2D eigenvalue weighted by Crippen LogP contribution is 2.33. The minimum absolute atomic E-state index is 0.0522. The van der Waals surface area contributed by atoms with Gasteiger partial charge in [0, 0.05) is 12.1 Å². The van der Waals surface area contributed by atoms with Crippen molar-refractivity contribution in [2.24, 2.45) is 5.92 Å². The molecule has 4 rings (SSSR count). The van der Waals surface area contributed by atoms with Crippen LogP contribution in [0.15, 0.2) is 30.6 Å². The van der Waals surface area contributed by atoms with Gasteiger partial charge in [-0.15, -0.1) is 0 Å². The van der Waals surface area contributed by atoms with Gasteiger partial charge >= 0.3 is 0 Å². The Hall–Kier alpha value is -2.62. The van der Waals surface area contributed by atoms with Crippen LogP contribution >= 0.6 is 23.2 Å². The van der Waals surface area contributed by atoms with Crippen molar-refractivity contribution in [3.8, 4) is 11.8 Å². The second kappa shape index (κ2) is 6.03. The van der Waals surface area contributed by atoms with E-state index in [4.69, 9.17) is 23.2 Å². The number of anilines is 1. The molecule has 1 amide bonds. The molecule has 0 aliphatic heterocycles. The smallest absolute Gasteiger partial charge is 0.228 e. The van der Waals surface area contributed by atoms with Gasteiger partial charge in [-0.05, 0) is 25.0 Å². The first kappa shape index (κ1) is 15.9. The average molecular weight is 372 g/mol. The van der Waals surface area contributed by atoms with Crippen molar-refractivity contribution >= 4 is 45.8 Å². The number of nitriles is 1. The van der Waals surface area contributed by atoms with Crippen LogP contribution in [-0.2, 0) is 4.79 Å². The lowest BCUT2D eigenvalue weighted by Crippen LogP contribution is -2.14. The van der Waals surface area contributed by atoms with Gasteiger partial charge in [0.1, 0.15) is 23.1 Å². The summed E-state index contributed by atoms with van der Waals surface area (Å²) in [5.74, 6) is 0.392. The number of halogens is 2. The molecule has 0 atom stereocenters. The fourth-order valence-electron chi connectivity index (χ4n) is 2.59. The molecule has 124 valence electrons. The number of pyridine rings is 1. The largest absolute Gasteiger partial charge is 0.310 e. The molecule has 0 radical (unpaired) electrons. The van der Waals surface area contributed by atoms with E-state index >= 15 is 0 Å². The molecule has 0 unspecified atom stereocenters. The molecule has 8 heteroatoms. The molecular weight excluding hydrogens is 361 g/mol. The molecule has 0 spiro atoms. The highest BCUT2D eigenvalue weighted by molar-refractivity contribution is 6.35. The second-order valence-electron chi connectivity index (χ2n) is 5.80. The van der Waals surface area contributed by atoms with Crippen molar-refractivity contribution < 1.29 is 4.79 Å². The molecule has 2 aromatic heterocycles. The molecule has 1 aliphatic carbocycles. The van der Waals surface area contributed by atoms with Crippen LogP contribution in [0.4, 0.5) is 5.82 Å². The van der Waals surface area contributed by atoms with Gasteiger partial charge in [0.25, 0.3) is 0 Å². The number of nitrogens with zero attached hydrogens (tertiary/aromatic N) is 4. The second-order valence-corrected chi connectivity index (χ2v) is 6.62. The summed E-state index contributed by atoms with van der Waals surface area (Å²) >= 11 is 12.5. The lowest BCUT2D eigenvalue weighted by molar-refractivity contribution is -0.117. The van der Waals surface area contributed by atoms with Crippen LogP contribution in [0.1, 0.15) is 18.4 Å². The zero-order chi connectivity index (χ0) is 17.6. The van der Waals surface area contributed by atoms with E-state index in [1.165, 1.54) is 10.9 Å². The Kier molecular flexibility index (Phi) is 3.83. The van der Waals surface area contributed by atoms with Gasteiger partial charge < -0.3 is 5.32 Å². The Morgan fingerprint density at radius 1 is 1.32 bits per heavy atom. The number of carbonyl (C=O) groups is 1. The Morgan fingerprint density at radius 3 is 2.84 bits per heavy atom. The third-order valence-corrected chi connectivity index (χ3v) is 4.61. The normalized spacial score (nSPS) is 13.6. The quantitative estimate of drug-likeness (QED) is 0.755. The van der Waals surface area contributed by atoms with Crippen molar-refractivity contribution in [3.05, 3.63) is 46.2 Å². The molecule has 25 heavy (non-hydrogen) atoms. The maximum atomic E-state index is 12.1. The van der Waals surface area contributed by atoms with E-state index < -0.39 is 0 Å². The van der Waals surface area contributed by atoms with E-state index in [9.17, 15) is 10.1 Å². The van der Waals surface area contributed by atoms with Crippen LogP contribution in [0.3, 0.4) is 0 Å². The minimum Gasteiger partial charge on any atom is -0.310 e. The number of carbonyl (C=O) groups excluding carboxylic acids is 1.